The maximum absolute atomic E-state index is 10.3. The van der Waals surface area contributed by atoms with Crippen molar-refractivity contribution in [2.45, 2.75) is 79.1 Å². The molecule has 1 rings (SSSR count). The van der Waals surface area contributed by atoms with Gasteiger partial charge in [0.25, 0.3) is 0 Å². The molecule has 0 radical (unpaired) electrons. The van der Waals surface area contributed by atoms with Crippen molar-refractivity contribution < 1.29 is 24.3 Å². The summed E-state index contributed by atoms with van der Waals surface area (Å²) in [5, 5.41) is 20.5. The van der Waals surface area contributed by atoms with E-state index in [-0.39, 0.29) is 17.3 Å². The largest absolute Gasteiger partial charge is 0.545 e. The van der Waals surface area contributed by atoms with Gasteiger partial charge in [0.15, 0.2) is 0 Å². The number of carboxylic acids is 2. The lowest BCUT2D eigenvalue weighted by molar-refractivity contribution is -0.929. The van der Waals surface area contributed by atoms with Gasteiger partial charge in [-0.05, 0) is 42.9 Å². The Kier molecular flexibility index (Phi) is 18.1. The molecule has 0 atom stereocenters. The first kappa shape index (κ1) is 30.3. The summed E-state index contributed by atoms with van der Waals surface area (Å²) in [5.74, 6) is -2.81. The third-order valence-electron chi connectivity index (χ3n) is 5.28. The highest BCUT2D eigenvalue weighted by atomic mass is 16.4. The molecule has 0 aromatic heterocycles. The van der Waals surface area contributed by atoms with Crippen LogP contribution in [-0.4, -0.2) is 42.6 Å². The molecule has 0 aliphatic heterocycles. The molecule has 0 aliphatic carbocycles. The highest BCUT2D eigenvalue weighted by Gasteiger charge is 2.24. The minimum Gasteiger partial charge on any atom is -0.545 e. The second-order valence-electron chi connectivity index (χ2n) is 7.81. The van der Waals surface area contributed by atoms with Crippen LogP contribution in [0.5, 0.6) is 0 Å². The first-order valence-electron chi connectivity index (χ1n) is 11.2. The maximum atomic E-state index is 10.3. The lowest BCUT2D eigenvalue weighted by Gasteiger charge is -2.39. The fourth-order valence-electron chi connectivity index (χ4n) is 3.42. The summed E-state index contributed by atoms with van der Waals surface area (Å²) in [6.07, 6.45) is 11.1. The van der Waals surface area contributed by atoms with Crippen LogP contribution < -0.4 is 16.4 Å². The highest BCUT2D eigenvalue weighted by molar-refractivity contribution is 5.91. The van der Waals surface area contributed by atoms with Gasteiger partial charge in [-0.25, -0.2) is 0 Å². The minimum absolute atomic E-state index is 0. The summed E-state index contributed by atoms with van der Waals surface area (Å²) >= 11 is 0. The molecule has 0 heterocycles. The molecule has 30 heavy (non-hydrogen) atoms. The Hall–Kier alpha value is -1.92. The molecular weight excluding hydrogens is 380 g/mol. The Bertz CT molecular complexity index is 524. The third kappa shape index (κ3) is 12.6. The van der Waals surface area contributed by atoms with E-state index in [1.54, 1.807) is 0 Å². The summed E-state index contributed by atoms with van der Waals surface area (Å²) in [6.45, 7) is 15.0. The minimum atomic E-state index is -1.40. The smallest absolute Gasteiger partial charge is 0.0786 e. The third-order valence-corrected chi connectivity index (χ3v) is 5.28. The number of quaternary nitrogens is 2. The van der Waals surface area contributed by atoms with Crippen molar-refractivity contribution in [3.05, 3.63) is 35.4 Å². The van der Waals surface area contributed by atoms with Gasteiger partial charge in [-0.2, -0.15) is 0 Å². The number of nitrogens with zero attached hydrogens (tertiary/aromatic N) is 1. The van der Waals surface area contributed by atoms with Crippen LogP contribution in [0.25, 0.3) is 0 Å². The topological polar surface area (TPSA) is 117 Å². The number of carboxylic acid groups (broad SMARTS) is 2. The van der Waals surface area contributed by atoms with Gasteiger partial charge in [0, 0.05) is 0 Å². The fourth-order valence-corrected chi connectivity index (χ4v) is 3.42. The highest BCUT2D eigenvalue weighted by Crippen LogP contribution is 2.16. The van der Waals surface area contributed by atoms with E-state index in [2.05, 4.69) is 27.7 Å². The van der Waals surface area contributed by atoms with E-state index in [1.807, 2.05) is 0 Å². The molecule has 0 unspecified atom stereocenters. The molecule has 4 N–H and O–H groups in total. The Balaban J connectivity index is 0. The standard InChI is InChI=1S/C16H36N.C8H6O4.H3N/c1-5-9-13-17(14-10-6-2,15-11-7-3)16-12-8-4;9-7(10)5-2-1-3-6(4-5)8(11)12;/h5-16H2,1-4H3;1-4H,(H,9,10)(H,11,12);1H3/q+1;;/p-1. The number of hydrogen-bond acceptors (Lipinski definition) is 4. The van der Waals surface area contributed by atoms with Crippen molar-refractivity contribution in [1.82, 2.24) is 6.15 Å². The van der Waals surface area contributed by atoms with Crippen LogP contribution in [0.2, 0.25) is 0 Å². The van der Waals surface area contributed by atoms with Gasteiger partial charge in [-0.3, -0.25) is 0 Å². The van der Waals surface area contributed by atoms with Crippen LogP contribution in [0.15, 0.2) is 24.3 Å². The van der Waals surface area contributed by atoms with Crippen LogP contribution in [0.4, 0.5) is 0 Å². The molecule has 0 aliphatic rings. The second-order valence-corrected chi connectivity index (χ2v) is 7.81. The number of carbonyl (C=O) groups is 2. The van der Waals surface area contributed by atoms with E-state index >= 15 is 0 Å². The molecule has 6 nitrogen and oxygen atoms in total. The van der Waals surface area contributed by atoms with Gasteiger partial charge in [0.1, 0.15) is 0 Å². The number of aromatic carboxylic acids is 2. The Morgan fingerprint density at radius 3 is 1.23 bits per heavy atom. The predicted molar refractivity (Wildman–Crippen MR) is 120 cm³/mol. The van der Waals surface area contributed by atoms with Crippen molar-refractivity contribution >= 4 is 11.9 Å². The van der Waals surface area contributed by atoms with Gasteiger partial charge >= 0.3 is 0 Å². The number of hydrogen-bond donors (Lipinski definition) is 1. The first-order valence-corrected chi connectivity index (χ1v) is 11.2. The lowest BCUT2D eigenvalue weighted by atomic mass is 10.1. The fraction of sp³-hybridized carbons (Fsp3) is 0.667. The summed E-state index contributed by atoms with van der Waals surface area (Å²) in [7, 11) is 0. The molecular formula is C24H44N2O4. The van der Waals surface area contributed by atoms with E-state index in [4.69, 9.17) is 0 Å². The Labute approximate surface area is 183 Å². The molecule has 0 amide bonds. The van der Waals surface area contributed by atoms with E-state index < -0.39 is 11.9 Å². The van der Waals surface area contributed by atoms with Crippen molar-refractivity contribution in [2.75, 3.05) is 26.2 Å². The molecule has 1 aromatic carbocycles. The van der Waals surface area contributed by atoms with E-state index in [0.29, 0.717) is 0 Å². The molecule has 0 fully saturated rings. The average molecular weight is 425 g/mol. The zero-order chi connectivity index (χ0) is 22.1. The predicted octanol–water partition coefficient (Wildman–Crippen LogP) is 3.79. The molecule has 6 heteroatoms. The monoisotopic (exact) mass is 424 g/mol. The number of unbranched alkanes of at least 4 members (excludes halogenated alkanes) is 4. The zero-order valence-electron chi connectivity index (χ0n) is 19.9. The number of carbonyl (C=O) groups excluding carboxylic acids is 2. The Morgan fingerprint density at radius 1 is 0.700 bits per heavy atom. The van der Waals surface area contributed by atoms with Crippen molar-refractivity contribution in [3.8, 4) is 0 Å². The average Bonchev–Trinajstić information content (AvgIpc) is 2.73. The zero-order valence-corrected chi connectivity index (χ0v) is 19.9. The maximum Gasteiger partial charge on any atom is 0.0786 e. The van der Waals surface area contributed by atoms with Crippen molar-refractivity contribution in [2.24, 2.45) is 0 Å². The van der Waals surface area contributed by atoms with Crippen LogP contribution >= 0.6 is 0 Å². The van der Waals surface area contributed by atoms with Crippen LogP contribution in [0.1, 0.15) is 99.8 Å². The first-order chi connectivity index (χ1) is 13.9. The van der Waals surface area contributed by atoms with E-state index in [0.717, 1.165) is 6.07 Å². The summed E-state index contributed by atoms with van der Waals surface area (Å²) in [5.41, 5.74) is -0.339. The molecule has 174 valence electrons. The molecule has 0 bridgehead atoms. The van der Waals surface area contributed by atoms with Gasteiger partial charge < -0.3 is 30.4 Å². The summed E-state index contributed by atoms with van der Waals surface area (Å²) in [6, 6.07) is 4.81. The normalized spacial score (nSPS) is 10.5. The SMILES string of the molecule is CCCC[N+](CCCC)(CCCC)CCCC.O=C([O-])c1cccc(C(=O)[O-])c1.[NH4+]. The summed E-state index contributed by atoms with van der Waals surface area (Å²) < 4.78 is 1.42. The van der Waals surface area contributed by atoms with Gasteiger partial charge in [0.05, 0.1) is 38.1 Å². The lowest BCUT2D eigenvalue weighted by Crippen LogP contribution is -2.50. The molecule has 0 spiro atoms. The van der Waals surface area contributed by atoms with E-state index in [9.17, 15) is 19.8 Å². The molecule has 0 saturated carbocycles. The van der Waals surface area contributed by atoms with Gasteiger partial charge in [-0.1, -0.05) is 71.6 Å². The van der Waals surface area contributed by atoms with Crippen LogP contribution in [-0.2, 0) is 0 Å². The number of benzene rings is 1. The molecule has 1 aromatic rings. The quantitative estimate of drug-likeness (QED) is 0.457. The van der Waals surface area contributed by atoms with Crippen molar-refractivity contribution in [1.29, 1.82) is 0 Å². The van der Waals surface area contributed by atoms with E-state index in [1.165, 1.54) is 100 Å². The van der Waals surface area contributed by atoms with Gasteiger partial charge in [0.2, 0.25) is 0 Å². The van der Waals surface area contributed by atoms with Crippen molar-refractivity contribution in [3.63, 3.8) is 0 Å². The Morgan fingerprint density at radius 2 is 1.00 bits per heavy atom. The molecule has 0 saturated heterocycles. The van der Waals surface area contributed by atoms with Gasteiger partial charge in [-0.15, -0.1) is 0 Å². The summed E-state index contributed by atoms with van der Waals surface area (Å²) in [4.78, 5) is 20.5. The number of rotatable bonds is 14. The second kappa shape index (κ2) is 17.9. The van der Waals surface area contributed by atoms with Crippen LogP contribution in [0.3, 0.4) is 0 Å². The van der Waals surface area contributed by atoms with Crippen LogP contribution in [0, 0.1) is 0 Å².